The fourth-order valence-corrected chi connectivity index (χ4v) is 1.65. The largest absolute Gasteiger partial charge is 0.287 e. The monoisotopic (exact) mass is 299 g/mol. The molecule has 1 unspecified atom stereocenters. The first-order valence-electron chi connectivity index (χ1n) is 5.03. The summed E-state index contributed by atoms with van der Waals surface area (Å²) in [6, 6.07) is 0. The molecule has 0 fully saturated rings. The van der Waals surface area contributed by atoms with Gasteiger partial charge in [0.15, 0.2) is 0 Å². The summed E-state index contributed by atoms with van der Waals surface area (Å²) >= 11 is 2.30. The van der Waals surface area contributed by atoms with Gasteiger partial charge in [-0.25, -0.2) is 5.43 Å². The van der Waals surface area contributed by atoms with Crippen molar-refractivity contribution in [3.05, 3.63) is 0 Å². The minimum atomic E-state index is 0.460. The predicted molar refractivity (Wildman–Crippen MR) is 66.5 cm³/mol. The zero-order chi connectivity index (χ0) is 10.3. The first kappa shape index (κ1) is 13.6. The standard InChI is InChI=1S/C9H22IN3/c1-5-7-8-12(6-2)9(3)13(10)11-4/h9,11H,5-8H2,1-4H3. The lowest BCUT2D eigenvalue weighted by Gasteiger charge is -2.32. The first-order chi connectivity index (χ1) is 6.17. The van der Waals surface area contributed by atoms with Gasteiger partial charge < -0.3 is 0 Å². The van der Waals surface area contributed by atoms with Gasteiger partial charge in [0.2, 0.25) is 0 Å². The average molecular weight is 299 g/mol. The number of unbranched alkanes of at least 4 members (excludes halogenated alkanes) is 1. The maximum absolute atomic E-state index is 3.13. The van der Waals surface area contributed by atoms with E-state index in [4.69, 9.17) is 0 Å². The Morgan fingerprint density at radius 1 is 1.38 bits per heavy atom. The van der Waals surface area contributed by atoms with Crippen molar-refractivity contribution in [2.75, 3.05) is 20.1 Å². The molecule has 0 aromatic rings. The van der Waals surface area contributed by atoms with Crippen molar-refractivity contribution in [2.24, 2.45) is 0 Å². The van der Waals surface area contributed by atoms with Crippen LogP contribution in [-0.4, -0.2) is 34.4 Å². The van der Waals surface area contributed by atoms with Crippen LogP contribution in [0, 0.1) is 0 Å². The molecule has 0 aliphatic heterocycles. The van der Waals surface area contributed by atoms with Crippen molar-refractivity contribution in [1.82, 2.24) is 13.5 Å². The van der Waals surface area contributed by atoms with Crippen LogP contribution >= 0.6 is 22.9 Å². The van der Waals surface area contributed by atoms with E-state index in [0.717, 1.165) is 6.54 Å². The van der Waals surface area contributed by atoms with Crippen LogP contribution in [-0.2, 0) is 0 Å². The molecule has 0 aliphatic carbocycles. The molecular formula is C9H22IN3. The SMILES string of the molecule is CCCCN(CC)C(C)N(I)NC. The Labute approximate surface area is 96.3 Å². The molecule has 0 saturated carbocycles. The van der Waals surface area contributed by atoms with Crippen LogP contribution in [0.5, 0.6) is 0 Å². The molecule has 1 N–H and O–H groups in total. The molecule has 13 heavy (non-hydrogen) atoms. The Kier molecular flexibility index (Phi) is 8.34. The van der Waals surface area contributed by atoms with E-state index in [0.29, 0.717) is 6.17 Å². The van der Waals surface area contributed by atoms with Gasteiger partial charge in [-0.15, -0.1) is 0 Å². The van der Waals surface area contributed by atoms with E-state index in [1.54, 1.807) is 0 Å². The van der Waals surface area contributed by atoms with Crippen LogP contribution in [0.15, 0.2) is 0 Å². The number of nitrogens with one attached hydrogen (secondary N) is 1. The molecule has 0 aromatic heterocycles. The molecule has 0 saturated heterocycles. The molecule has 4 heteroatoms. The van der Waals surface area contributed by atoms with Crippen LogP contribution in [0.4, 0.5) is 0 Å². The minimum Gasteiger partial charge on any atom is -0.287 e. The Hall–Kier alpha value is 0.610. The normalized spacial score (nSPS) is 14.1. The van der Waals surface area contributed by atoms with Gasteiger partial charge in [0.25, 0.3) is 0 Å². The number of hydrazine groups is 1. The zero-order valence-electron chi connectivity index (χ0n) is 9.18. The van der Waals surface area contributed by atoms with Gasteiger partial charge >= 0.3 is 0 Å². The van der Waals surface area contributed by atoms with Crippen LogP contribution < -0.4 is 5.43 Å². The highest BCUT2D eigenvalue weighted by atomic mass is 127. The topological polar surface area (TPSA) is 18.5 Å². The summed E-state index contributed by atoms with van der Waals surface area (Å²) in [5, 5.41) is 0. The number of nitrogens with zero attached hydrogens (tertiary/aromatic N) is 2. The third-order valence-electron chi connectivity index (χ3n) is 2.28. The number of hydrogen-bond acceptors (Lipinski definition) is 3. The quantitative estimate of drug-likeness (QED) is 0.337. The maximum Gasteiger partial charge on any atom is 0.0835 e. The van der Waals surface area contributed by atoms with Crippen molar-refractivity contribution in [1.29, 1.82) is 0 Å². The molecule has 0 rings (SSSR count). The molecule has 0 aromatic carbocycles. The Morgan fingerprint density at radius 2 is 2.00 bits per heavy atom. The van der Waals surface area contributed by atoms with Crippen molar-refractivity contribution in [3.8, 4) is 0 Å². The lowest BCUT2D eigenvalue weighted by molar-refractivity contribution is 0.116. The third-order valence-corrected chi connectivity index (χ3v) is 3.56. The summed E-state index contributed by atoms with van der Waals surface area (Å²) < 4.78 is 2.11. The smallest absolute Gasteiger partial charge is 0.0835 e. The summed E-state index contributed by atoms with van der Waals surface area (Å²) in [4.78, 5) is 2.46. The molecule has 0 amide bonds. The molecule has 80 valence electrons. The number of halogens is 1. The van der Waals surface area contributed by atoms with Gasteiger partial charge in [-0.2, -0.15) is 3.22 Å². The Bertz CT molecular complexity index is 121. The second-order valence-corrected chi connectivity index (χ2v) is 4.19. The fraction of sp³-hybridized carbons (Fsp3) is 1.00. The second-order valence-electron chi connectivity index (χ2n) is 3.15. The molecule has 0 aliphatic rings. The van der Waals surface area contributed by atoms with Gasteiger partial charge in [0.05, 0.1) is 6.17 Å². The van der Waals surface area contributed by atoms with Crippen molar-refractivity contribution in [3.63, 3.8) is 0 Å². The van der Waals surface area contributed by atoms with Crippen molar-refractivity contribution in [2.45, 2.75) is 39.8 Å². The highest BCUT2D eigenvalue weighted by Crippen LogP contribution is 2.08. The highest BCUT2D eigenvalue weighted by molar-refractivity contribution is 14.1. The molecule has 0 heterocycles. The van der Waals surface area contributed by atoms with Gasteiger partial charge in [0.1, 0.15) is 0 Å². The third kappa shape index (κ3) is 5.15. The van der Waals surface area contributed by atoms with Gasteiger partial charge in [-0.05, 0) is 33.5 Å². The minimum absolute atomic E-state index is 0.460. The van der Waals surface area contributed by atoms with Crippen LogP contribution in [0.25, 0.3) is 0 Å². The summed E-state index contributed by atoms with van der Waals surface area (Å²) in [6.07, 6.45) is 3.01. The molecular weight excluding hydrogens is 277 g/mol. The van der Waals surface area contributed by atoms with Crippen LogP contribution in [0.1, 0.15) is 33.6 Å². The van der Waals surface area contributed by atoms with E-state index in [-0.39, 0.29) is 0 Å². The Balaban J connectivity index is 3.90. The second kappa shape index (κ2) is 7.96. The Morgan fingerprint density at radius 3 is 2.38 bits per heavy atom. The van der Waals surface area contributed by atoms with Crippen LogP contribution in [0.2, 0.25) is 0 Å². The summed E-state index contributed by atoms with van der Waals surface area (Å²) in [5.74, 6) is 0. The summed E-state index contributed by atoms with van der Waals surface area (Å²) in [7, 11) is 1.95. The average Bonchev–Trinajstić information content (AvgIpc) is 2.17. The maximum atomic E-state index is 3.13. The van der Waals surface area contributed by atoms with Crippen LogP contribution in [0.3, 0.4) is 0 Å². The van der Waals surface area contributed by atoms with E-state index in [1.165, 1.54) is 19.4 Å². The highest BCUT2D eigenvalue weighted by Gasteiger charge is 2.15. The van der Waals surface area contributed by atoms with E-state index in [2.05, 4.69) is 57.2 Å². The molecule has 0 radical (unpaired) electrons. The summed E-state index contributed by atoms with van der Waals surface area (Å²) in [6.45, 7) is 8.98. The molecule has 3 nitrogen and oxygen atoms in total. The van der Waals surface area contributed by atoms with E-state index in [9.17, 15) is 0 Å². The van der Waals surface area contributed by atoms with Gasteiger partial charge in [-0.1, -0.05) is 20.3 Å². The first-order valence-corrected chi connectivity index (χ1v) is 6.00. The predicted octanol–water partition coefficient (Wildman–Crippen LogP) is 2.24. The molecule has 0 bridgehead atoms. The fourth-order valence-electron chi connectivity index (χ4n) is 1.30. The zero-order valence-corrected chi connectivity index (χ0v) is 11.3. The number of hydrogen-bond donors (Lipinski definition) is 1. The van der Waals surface area contributed by atoms with E-state index in [1.807, 2.05) is 7.05 Å². The van der Waals surface area contributed by atoms with Gasteiger partial charge in [-0.3, -0.25) is 4.90 Å². The lowest BCUT2D eigenvalue weighted by atomic mass is 10.3. The van der Waals surface area contributed by atoms with Crippen molar-refractivity contribution >= 4 is 22.9 Å². The van der Waals surface area contributed by atoms with Gasteiger partial charge in [0, 0.05) is 22.9 Å². The summed E-state index contributed by atoms with van der Waals surface area (Å²) in [5.41, 5.74) is 3.13. The lowest BCUT2D eigenvalue weighted by Crippen LogP contribution is -2.46. The molecule has 0 spiro atoms. The van der Waals surface area contributed by atoms with E-state index >= 15 is 0 Å². The number of rotatable bonds is 7. The molecule has 1 atom stereocenters. The van der Waals surface area contributed by atoms with E-state index < -0.39 is 0 Å². The van der Waals surface area contributed by atoms with Crippen molar-refractivity contribution < 1.29 is 0 Å².